The van der Waals surface area contributed by atoms with Crippen LogP contribution in [0.15, 0.2) is 0 Å². The average molecular weight is 408 g/mol. The fourth-order valence-corrected chi connectivity index (χ4v) is 4.59. The maximum Gasteiger partial charge on any atom is 0.240 e. The molecule has 0 bridgehead atoms. The van der Waals surface area contributed by atoms with Crippen LogP contribution in [-0.4, -0.2) is 121 Å². The number of piperidine rings is 2. The summed E-state index contributed by atoms with van der Waals surface area (Å²) in [6.07, 6.45) is 6.69. The molecule has 3 saturated heterocycles. The largest absolute Gasteiger partial charge is 0.347 e. The molecular weight excluding hydrogens is 370 g/mol. The van der Waals surface area contributed by atoms with Crippen LogP contribution in [0.2, 0.25) is 0 Å². The first-order valence-corrected chi connectivity index (χ1v) is 11.2. The minimum absolute atomic E-state index is 0.00608. The van der Waals surface area contributed by atoms with Gasteiger partial charge in [0, 0.05) is 59.9 Å². The molecule has 3 rings (SSSR count). The third kappa shape index (κ3) is 5.92. The SMILES string of the molecule is CN(C)C(=O)[C@@H]1CN(CC(=O)N2CCCCC2)CCN1CC(=O)N1CCCCC1. The van der Waals surface area contributed by atoms with E-state index in [1.165, 1.54) is 12.8 Å². The van der Waals surface area contributed by atoms with E-state index in [0.29, 0.717) is 26.2 Å². The zero-order valence-electron chi connectivity index (χ0n) is 18.1. The fraction of sp³-hybridized carbons (Fsp3) is 0.857. The predicted molar refractivity (Wildman–Crippen MR) is 111 cm³/mol. The van der Waals surface area contributed by atoms with Crippen LogP contribution in [0.1, 0.15) is 38.5 Å². The van der Waals surface area contributed by atoms with E-state index in [1.807, 2.05) is 14.7 Å². The van der Waals surface area contributed by atoms with E-state index >= 15 is 0 Å². The first-order valence-electron chi connectivity index (χ1n) is 11.2. The number of nitrogens with zero attached hydrogens (tertiary/aromatic N) is 5. The minimum Gasteiger partial charge on any atom is -0.347 e. The molecule has 0 saturated carbocycles. The summed E-state index contributed by atoms with van der Waals surface area (Å²) in [4.78, 5) is 47.8. The first kappa shape index (κ1) is 22.0. The van der Waals surface area contributed by atoms with Gasteiger partial charge in [-0.25, -0.2) is 0 Å². The molecule has 0 unspecified atom stereocenters. The number of likely N-dealkylation sites (N-methyl/N-ethyl adjacent to an activating group) is 1. The number of piperazine rings is 1. The Morgan fingerprint density at radius 1 is 0.724 bits per heavy atom. The van der Waals surface area contributed by atoms with Crippen LogP contribution in [0.25, 0.3) is 0 Å². The van der Waals surface area contributed by atoms with Gasteiger partial charge >= 0.3 is 0 Å². The number of amides is 3. The van der Waals surface area contributed by atoms with E-state index in [9.17, 15) is 14.4 Å². The molecule has 0 spiro atoms. The summed E-state index contributed by atoms with van der Waals surface area (Å²) in [5.41, 5.74) is 0. The van der Waals surface area contributed by atoms with Gasteiger partial charge in [0.1, 0.15) is 6.04 Å². The highest BCUT2D eigenvalue weighted by atomic mass is 16.2. The molecule has 3 fully saturated rings. The highest BCUT2D eigenvalue weighted by Gasteiger charge is 2.36. The van der Waals surface area contributed by atoms with Crippen molar-refractivity contribution >= 4 is 17.7 Å². The van der Waals surface area contributed by atoms with Crippen molar-refractivity contribution in [2.24, 2.45) is 0 Å². The van der Waals surface area contributed by atoms with Crippen LogP contribution < -0.4 is 0 Å². The van der Waals surface area contributed by atoms with Gasteiger partial charge in [0.15, 0.2) is 0 Å². The molecule has 3 amide bonds. The van der Waals surface area contributed by atoms with E-state index < -0.39 is 0 Å². The van der Waals surface area contributed by atoms with Gasteiger partial charge in [0.2, 0.25) is 17.7 Å². The monoisotopic (exact) mass is 407 g/mol. The molecule has 0 N–H and O–H groups in total. The summed E-state index contributed by atoms with van der Waals surface area (Å²) in [5, 5.41) is 0. The van der Waals surface area contributed by atoms with Crippen molar-refractivity contribution in [3.8, 4) is 0 Å². The first-order chi connectivity index (χ1) is 14.0. The Balaban J connectivity index is 1.59. The lowest BCUT2D eigenvalue weighted by molar-refractivity contribution is -0.143. The van der Waals surface area contributed by atoms with Gasteiger partial charge in [-0.05, 0) is 38.5 Å². The summed E-state index contributed by atoms with van der Waals surface area (Å²) in [5.74, 6) is 0.296. The topological polar surface area (TPSA) is 67.4 Å². The Hall–Kier alpha value is -1.67. The molecule has 0 aliphatic carbocycles. The highest BCUT2D eigenvalue weighted by Crippen LogP contribution is 2.16. The zero-order valence-corrected chi connectivity index (χ0v) is 18.1. The standard InChI is InChI=1S/C21H37N5O3/c1-22(2)21(29)18-15-23(16-19(27)24-9-5-3-6-10-24)13-14-26(18)17-20(28)25-11-7-4-8-12-25/h18H,3-17H2,1-2H3/t18-/m0/s1. The van der Waals surface area contributed by atoms with Crippen molar-refractivity contribution in [3.63, 3.8) is 0 Å². The second-order valence-electron chi connectivity index (χ2n) is 8.84. The van der Waals surface area contributed by atoms with Crippen molar-refractivity contribution in [2.45, 2.75) is 44.6 Å². The third-order valence-corrected chi connectivity index (χ3v) is 6.42. The Morgan fingerprint density at radius 3 is 1.76 bits per heavy atom. The maximum absolute atomic E-state index is 12.8. The summed E-state index contributed by atoms with van der Waals surface area (Å²) in [6.45, 7) is 5.87. The lowest BCUT2D eigenvalue weighted by Crippen LogP contribution is -2.61. The fourth-order valence-electron chi connectivity index (χ4n) is 4.59. The van der Waals surface area contributed by atoms with E-state index in [4.69, 9.17) is 0 Å². The number of hydrogen-bond acceptors (Lipinski definition) is 5. The van der Waals surface area contributed by atoms with Crippen molar-refractivity contribution < 1.29 is 14.4 Å². The van der Waals surface area contributed by atoms with Crippen LogP contribution in [0.3, 0.4) is 0 Å². The molecule has 8 heteroatoms. The molecule has 0 radical (unpaired) electrons. The van der Waals surface area contributed by atoms with Crippen LogP contribution in [0.5, 0.6) is 0 Å². The van der Waals surface area contributed by atoms with Crippen molar-refractivity contribution in [3.05, 3.63) is 0 Å². The normalized spacial score (nSPS) is 24.4. The number of hydrogen-bond donors (Lipinski definition) is 0. The molecule has 0 aromatic heterocycles. The van der Waals surface area contributed by atoms with Gasteiger partial charge in [-0.1, -0.05) is 0 Å². The van der Waals surface area contributed by atoms with Crippen LogP contribution >= 0.6 is 0 Å². The quantitative estimate of drug-likeness (QED) is 0.646. The van der Waals surface area contributed by atoms with Crippen molar-refractivity contribution in [2.75, 3.05) is 73.0 Å². The predicted octanol–water partition coefficient (Wildman–Crippen LogP) is 0.0858. The van der Waals surface area contributed by atoms with Crippen LogP contribution in [0, 0.1) is 0 Å². The van der Waals surface area contributed by atoms with Gasteiger partial charge in [-0.15, -0.1) is 0 Å². The summed E-state index contributed by atoms with van der Waals surface area (Å²) < 4.78 is 0. The van der Waals surface area contributed by atoms with E-state index in [-0.39, 0.29) is 30.3 Å². The molecule has 29 heavy (non-hydrogen) atoms. The van der Waals surface area contributed by atoms with E-state index in [1.54, 1.807) is 19.0 Å². The van der Waals surface area contributed by atoms with Gasteiger partial charge in [0.25, 0.3) is 0 Å². The molecule has 0 aromatic rings. The number of carbonyl (C=O) groups excluding carboxylic acids is 3. The van der Waals surface area contributed by atoms with E-state index in [2.05, 4.69) is 4.90 Å². The second-order valence-corrected chi connectivity index (χ2v) is 8.84. The Labute approximate surface area is 174 Å². The van der Waals surface area contributed by atoms with E-state index in [0.717, 1.165) is 51.9 Å². The molecule has 8 nitrogen and oxygen atoms in total. The van der Waals surface area contributed by atoms with Crippen LogP contribution in [-0.2, 0) is 14.4 Å². The molecule has 3 aliphatic rings. The molecule has 0 aromatic carbocycles. The molecular formula is C21H37N5O3. The summed E-state index contributed by atoms with van der Waals surface area (Å²) >= 11 is 0. The third-order valence-electron chi connectivity index (χ3n) is 6.42. The maximum atomic E-state index is 12.8. The Morgan fingerprint density at radius 2 is 1.24 bits per heavy atom. The number of rotatable bonds is 5. The lowest BCUT2D eigenvalue weighted by Gasteiger charge is -2.42. The molecule has 3 aliphatic heterocycles. The van der Waals surface area contributed by atoms with Crippen molar-refractivity contribution in [1.29, 1.82) is 0 Å². The molecule has 3 heterocycles. The van der Waals surface area contributed by atoms with Crippen LogP contribution in [0.4, 0.5) is 0 Å². The summed E-state index contributed by atoms with van der Waals surface area (Å²) in [6, 6.07) is -0.373. The number of carbonyl (C=O) groups is 3. The molecule has 1 atom stereocenters. The summed E-state index contributed by atoms with van der Waals surface area (Å²) in [7, 11) is 3.51. The lowest BCUT2D eigenvalue weighted by atomic mass is 10.1. The van der Waals surface area contributed by atoms with Crippen molar-refractivity contribution in [1.82, 2.24) is 24.5 Å². The Kier molecular flexibility index (Phi) is 7.89. The van der Waals surface area contributed by atoms with Gasteiger partial charge in [-0.3, -0.25) is 24.2 Å². The highest BCUT2D eigenvalue weighted by molar-refractivity contribution is 5.84. The molecule has 164 valence electrons. The average Bonchev–Trinajstić information content (AvgIpc) is 2.75. The van der Waals surface area contributed by atoms with Gasteiger partial charge < -0.3 is 14.7 Å². The number of likely N-dealkylation sites (tertiary alicyclic amines) is 2. The second kappa shape index (κ2) is 10.4. The van der Waals surface area contributed by atoms with Gasteiger partial charge in [-0.2, -0.15) is 0 Å². The smallest absolute Gasteiger partial charge is 0.240 e. The Bertz CT molecular complexity index is 585. The zero-order chi connectivity index (χ0) is 20.8. The minimum atomic E-state index is -0.373. The van der Waals surface area contributed by atoms with Gasteiger partial charge in [0.05, 0.1) is 13.1 Å².